The third-order valence-electron chi connectivity index (χ3n) is 6.98. The topological polar surface area (TPSA) is 51.2 Å². The summed E-state index contributed by atoms with van der Waals surface area (Å²) in [6.07, 6.45) is 7.36. The lowest BCUT2D eigenvalue weighted by atomic mass is 9.59. The van der Waals surface area contributed by atoms with Gasteiger partial charge in [-0.15, -0.1) is 0 Å². The molecule has 0 radical (unpaired) electrons. The fourth-order valence-corrected chi connectivity index (χ4v) is 5.90. The smallest absolute Gasteiger partial charge is 0.155 e. The second-order valence-electron chi connectivity index (χ2n) is 7.86. The number of hydrogen-bond donors (Lipinski definition) is 0. The second-order valence-corrected chi connectivity index (χ2v) is 7.86. The van der Waals surface area contributed by atoms with Crippen LogP contribution in [0.1, 0.15) is 51.9 Å². The molecule has 3 fully saturated rings. The van der Waals surface area contributed by atoms with Gasteiger partial charge in [0.2, 0.25) is 0 Å². The number of carbonyl (C=O) groups is 3. The first-order chi connectivity index (χ1) is 10.6. The molecule has 3 heteroatoms. The predicted octanol–water partition coefficient (Wildman–Crippen LogP) is 3.12. The Labute approximate surface area is 131 Å². The Kier molecular flexibility index (Phi) is 3.35. The van der Waals surface area contributed by atoms with Crippen molar-refractivity contribution in [2.24, 2.45) is 35.5 Å². The summed E-state index contributed by atoms with van der Waals surface area (Å²) in [5.74, 6) is 2.50. The van der Waals surface area contributed by atoms with Crippen molar-refractivity contribution in [3.05, 3.63) is 11.6 Å². The van der Waals surface area contributed by atoms with Gasteiger partial charge in [0.15, 0.2) is 5.78 Å². The van der Waals surface area contributed by atoms with E-state index in [1.54, 1.807) is 0 Å². The van der Waals surface area contributed by atoms with Crippen LogP contribution in [0.25, 0.3) is 0 Å². The van der Waals surface area contributed by atoms with Crippen molar-refractivity contribution < 1.29 is 14.4 Å². The third-order valence-corrected chi connectivity index (χ3v) is 6.98. The van der Waals surface area contributed by atoms with E-state index in [2.05, 4.69) is 6.92 Å². The Morgan fingerprint density at radius 1 is 0.864 bits per heavy atom. The Morgan fingerprint density at radius 3 is 2.45 bits per heavy atom. The standard InChI is InChI=1S/C19H24O3/c1-10-13-6-7-17(21)16(10)9-18(22)19-14-5-3-12(20)8-11(14)2-4-15(13)19/h8,10,13-16,19H,2-7,9H2,1H3/t10?,13-,14?,15?,16-,19?/m1/s1. The van der Waals surface area contributed by atoms with Gasteiger partial charge in [0.25, 0.3) is 0 Å². The van der Waals surface area contributed by atoms with E-state index in [-0.39, 0.29) is 23.5 Å². The van der Waals surface area contributed by atoms with E-state index in [0.29, 0.717) is 48.6 Å². The molecule has 0 N–H and O–H groups in total. The molecule has 4 aliphatic rings. The number of allylic oxidation sites excluding steroid dienone is 2. The first-order valence-electron chi connectivity index (χ1n) is 8.85. The van der Waals surface area contributed by atoms with Crippen LogP contribution >= 0.6 is 0 Å². The molecule has 22 heavy (non-hydrogen) atoms. The van der Waals surface area contributed by atoms with E-state index < -0.39 is 0 Å². The summed E-state index contributed by atoms with van der Waals surface area (Å²) < 4.78 is 0. The first-order valence-corrected chi connectivity index (χ1v) is 8.85. The number of fused-ring (bicyclic) bond motifs is 6. The van der Waals surface area contributed by atoms with Crippen molar-refractivity contribution in [3.63, 3.8) is 0 Å². The van der Waals surface area contributed by atoms with E-state index in [1.165, 1.54) is 5.57 Å². The average Bonchev–Trinajstić information content (AvgIpc) is 2.56. The second kappa shape index (κ2) is 5.14. The largest absolute Gasteiger partial charge is 0.299 e. The molecule has 0 aromatic carbocycles. The molecular formula is C19H24O3. The molecule has 4 rings (SSSR count). The molecule has 0 aromatic rings. The van der Waals surface area contributed by atoms with Crippen molar-refractivity contribution in [1.82, 2.24) is 0 Å². The molecule has 0 amide bonds. The molecule has 0 aromatic heterocycles. The first kappa shape index (κ1) is 14.3. The van der Waals surface area contributed by atoms with Crippen LogP contribution in [0.15, 0.2) is 11.6 Å². The van der Waals surface area contributed by atoms with Gasteiger partial charge >= 0.3 is 0 Å². The Morgan fingerprint density at radius 2 is 1.64 bits per heavy atom. The van der Waals surface area contributed by atoms with E-state index >= 15 is 0 Å². The zero-order valence-corrected chi connectivity index (χ0v) is 13.2. The molecular weight excluding hydrogens is 276 g/mol. The molecule has 0 saturated heterocycles. The van der Waals surface area contributed by atoms with E-state index in [9.17, 15) is 14.4 Å². The van der Waals surface area contributed by atoms with Crippen LogP contribution in [0.5, 0.6) is 0 Å². The van der Waals surface area contributed by atoms with E-state index in [0.717, 1.165) is 25.7 Å². The van der Waals surface area contributed by atoms with Gasteiger partial charge < -0.3 is 0 Å². The maximum atomic E-state index is 13.0. The molecule has 0 heterocycles. The quantitative estimate of drug-likeness (QED) is 0.690. The van der Waals surface area contributed by atoms with Crippen LogP contribution in [0.3, 0.4) is 0 Å². The van der Waals surface area contributed by atoms with Gasteiger partial charge in [-0.25, -0.2) is 0 Å². The summed E-state index contributed by atoms with van der Waals surface area (Å²) in [4.78, 5) is 36.9. The molecule has 4 aliphatic carbocycles. The van der Waals surface area contributed by atoms with Gasteiger partial charge in [0, 0.05) is 31.1 Å². The van der Waals surface area contributed by atoms with E-state index in [4.69, 9.17) is 0 Å². The fourth-order valence-electron chi connectivity index (χ4n) is 5.90. The monoisotopic (exact) mass is 300 g/mol. The Hall–Kier alpha value is -1.25. The molecule has 2 bridgehead atoms. The minimum atomic E-state index is -0.0329. The van der Waals surface area contributed by atoms with Crippen molar-refractivity contribution in [3.8, 4) is 0 Å². The summed E-state index contributed by atoms with van der Waals surface area (Å²) in [5, 5.41) is 0. The van der Waals surface area contributed by atoms with Crippen LogP contribution in [-0.2, 0) is 14.4 Å². The van der Waals surface area contributed by atoms with Gasteiger partial charge in [0.05, 0.1) is 0 Å². The van der Waals surface area contributed by atoms with Crippen LogP contribution in [0.2, 0.25) is 0 Å². The molecule has 4 unspecified atom stereocenters. The molecule has 0 spiro atoms. The number of ketones is 3. The average molecular weight is 300 g/mol. The van der Waals surface area contributed by atoms with Crippen molar-refractivity contribution >= 4 is 17.3 Å². The zero-order chi connectivity index (χ0) is 15.4. The van der Waals surface area contributed by atoms with Crippen LogP contribution in [0.4, 0.5) is 0 Å². The molecule has 3 saturated carbocycles. The summed E-state index contributed by atoms with van der Waals surface area (Å²) in [5.41, 5.74) is 1.22. The van der Waals surface area contributed by atoms with Crippen molar-refractivity contribution in [2.75, 3.05) is 0 Å². The van der Waals surface area contributed by atoms with Gasteiger partial charge in [-0.1, -0.05) is 12.5 Å². The van der Waals surface area contributed by atoms with Gasteiger partial charge in [-0.3, -0.25) is 14.4 Å². The van der Waals surface area contributed by atoms with Crippen LogP contribution in [0, 0.1) is 35.5 Å². The highest BCUT2D eigenvalue weighted by atomic mass is 16.1. The number of Topliss-reactive ketones (excluding diaryl/α,β-unsaturated/α-hetero) is 2. The minimum Gasteiger partial charge on any atom is -0.299 e. The third kappa shape index (κ3) is 2.04. The molecule has 6 atom stereocenters. The van der Waals surface area contributed by atoms with Crippen molar-refractivity contribution in [1.29, 1.82) is 0 Å². The van der Waals surface area contributed by atoms with Gasteiger partial charge in [0.1, 0.15) is 11.6 Å². The molecule has 3 nitrogen and oxygen atoms in total. The fraction of sp³-hybridized carbons (Fsp3) is 0.737. The lowest BCUT2D eigenvalue weighted by Gasteiger charge is -2.45. The highest BCUT2D eigenvalue weighted by Crippen LogP contribution is 2.54. The maximum absolute atomic E-state index is 13.0. The predicted molar refractivity (Wildman–Crippen MR) is 82.0 cm³/mol. The van der Waals surface area contributed by atoms with Crippen LogP contribution in [-0.4, -0.2) is 17.3 Å². The highest BCUT2D eigenvalue weighted by molar-refractivity contribution is 5.93. The zero-order valence-electron chi connectivity index (χ0n) is 13.2. The number of carbonyl (C=O) groups excluding carboxylic acids is 3. The lowest BCUT2D eigenvalue weighted by molar-refractivity contribution is -0.132. The SMILES string of the molecule is CC1[C@H]2CCC(=O)[C@@H]1CC(=O)C1C3CCC(=O)C=C3CCC12. The molecule has 118 valence electrons. The summed E-state index contributed by atoms with van der Waals surface area (Å²) in [6, 6.07) is 0. The number of rotatable bonds is 0. The van der Waals surface area contributed by atoms with Crippen LogP contribution < -0.4 is 0 Å². The maximum Gasteiger partial charge on any atom is 0.155 e. The normalized spacial score (nSPS) is 44.8. The lowest BCUT2D eigenvalue weighted by Crippen LogP contribution is -2.41. The number of hydrogen-bond acceptors (Lipinski definition) is 3. The van der Waals surface area contributed by atoms with Gasteiger partial charge in [-0.05, 0) is 55.4 Å². The van der Waals surface area contributed by atoms with E-state index in [1.807, 2.05) is 6.08 Å². The Bertz CT molecular complexity index is 573. The Balaban J connectivity index is 1.73. The molecule has 0 aliphatic heterocycles. The van der Waals surface area contributed by atoms with Crippen molar-refractivity contribution in [2.45, 2.75) is 51.9 Å². The minimum absolute atomic E-state index is 0.0329. The summed E-state index contributed by atoms with van der Waals surface area (Å²) >= 11 is 0. The highest BCUT2D eigenvalue weighted by Gasteiger charge is 2.52. The summed E-state index contributed by atoms with van der Waals surface area (Å²) in [6.45, 7) is 2.19. The van der Waals surface area contributed by atoms with Gasteiger partial charge in [-0.2, -0.15) is 0 Å². The summed E-state index contributed by atoms with van der Waals surface area (Å²) in [7, 11) is 0.